The maximum Gasteiger partial charge on any atom is 0.117 e. The first-order valence-corrected chi connectivity index (χ1v) is 4.44. The molecule has 1 aromatic carbocycles. The second-order valence-corrected chi connectivity index (χ2v) is 3.39. The third kappa shape index (κ3) is 1.22. The highest BCUT2D eigenvalue weighted by molar-refractivity contribution is 14.1. The Morgan fingerprint density at radius 2 is 2.08 bits per heavy atom. The molecule has 12 heavy (non-hydrogen) atoms. The molecule has 0 saturated heterocycles. The van der Waals surface area contributed by atoms with Gasteiger partial charge in [-0.1, -0.05) is 0 Å². The van der Waals surface area contributed by atoms with Crippen molar-refractivity contribution < 1.29 is 5.11 Å². The molecule has 0 unspecified atom stereocenters. The minimum atomic E-state index is 0.233. The van der Waals surface area contributed by atoms with Crippen molar-refractivity contribution in [3.63, 3.8) is 0 Å². The van der Waals surface area contributed by atoms with Gasteiger partial charge in [0, 0.05) is 11.5 Å². The van der Waals surface area contributed by atoms with Gasteiger partial charge in [-0.05, 0) is 34.7 Å². The van der Waals surface area contributed by atoms with Gasteiger partial charge in [0.05, 0.1) is 5.52 Å². The van der Waals surface area contributed by atoms with Crippen LogP contribution in [0.1, 0.15) is 0 Å². The van der Waals surface area contributed by atoms with Crippen molar-refractivity contribution >= 4 is 33.5 Å². The third-order valence-electron chi connectivity index (χ3n) is 1.57. The Balaban J connectivity index is 2.86. The summed E-state index contributed by atoms with van der Waals surface area (Å²) in [5.74, 6) is 0.233. The lowest BCUT2D eigenvalue weighted by Gasteiger charge is -1.98. The Labute approximate surface area is 82.6 Å². The Hall–Kier alpha value is -0.910. The molecule has 4 heteroatoms. The number of nitrogens with zero attached hydrogens (tertiary/aromatic N) is 2. The van der Waals surface area contributed by atoms with E-state index in [1.807, 2.05) is 6.07 Å². The van der Waals surface area contributed by atoms with E-state index in [-0.39, 0.29) is 5.75 Å². The van der Waals surface area contributed by atoms with Gasteiger partial charge in [-0.15, -0.1) is 0 Å². The van der Waals surface area contributed by atoms with Crippen molar-refractivity contribution in [3.8, 4) is 5.75 Å². The van der Waals surface area contributed by atoms with Gasteiger partial charge in [-0.3, -0.25) is 0 Å². The summed E-state index contributed by atoms with van der Waals surface area (Å²) in [5, 5.41) is 10.1. The van der Waals surface area contributed by atoms with Crippen molar-refractivity contribution in [2.24, 2.45) is 0 Å². The average molecular weight is 272 g/mol. The predicted molar refractivity (Wildman–Crippen MR) is 53.9 cm³/mol. The summed E-state index contributed by atoms with van der Waals surface area (Å²) < 4.78 is 0.901. The van der Waals surface area contributed by atoms with E-state index in [2.05, 4.69) is 32.6 Å². The van der Waals surface area contributed by atoms with Crippen LogP contribution in [-0.4, -0.2) is 15.1 Å². The first kappa shape index (κ1) is 7.72. The largest absolute Gasteiger partial charge is 0.508 e. The van der Waals surface area contributed by atoms with Crippen molar-refractivity contribution in [1.29, 1.82) is 0 Å². The van der Waals surface area contributed by atoms with Crippen molar-refractivity contribution in [2.75, 3.05) is 0 Å². The molecule has 0 aliphatic rings. The molecule has 0 radical (unpaired) electrons. The molecular formula is C8H5IN2O. The summed E-state index contributed by atoms with van der Waals surface area (Å²) >= 11 is 2.14. The lowest BCUT2D eigenvalue weighted by Crippen LogP contribution is -1.85. The smallest absolute Gasteiger partial charge is 0.117 e. The van der Waals surface area contributed by atoms with Gasteiger partial charge < -0.3 is 5.11 Å². The van der Waals surface area contributed by atoms with E-state index in [9.17, 15) is 0 Å². The highest BCUT2D eigenvalue weighted by atomic mass is 127. The van der Waals surface area contributed by atoms with Crippen LogP contribution < -0.4 is 0 Å². The molecule has 1 heterocycles. The number of aromatic nitrogens is 2. The Bertz CT molecular complexity index is 430. The fourth-order valence-corrected chi connectivity index (χ4v) is 1.59. The summed E-state index contributed by atoms with van der Waals surface area (Å²) in [4.78, 5) is 8.06. The summed E-state index contributed by atoms with van der Waals surface area (Å²) in [6.45, 7) is 0. The van der Waals surface area contributed by atoms with E-state index in [0.717, 1.165) is 14.6 Å². The molecule has 0 aliphatic carbocycles. The second-order valence-electron chi connectivity index (χ2n) is 2.37. The minimum absolute atomic E-state index is 0.233. The topological polar surface area (TPSA) is 46.0 Å². The molecule has 2 aromatic rings. The number of fused-ring (bicyclic) bond motifs is 1. The monoisotopic (exact) mass is 272 g/mol. The molecule has 60 valence electrons. The van der Waals surface area contributed by atoms with Crippen LogP contribution in [0, 0.1) is 3.70 Å². The number of halogens is 1. The fraction of sp³-hybridized carbons (Fsp3) is 0. The molecule has 0 fully saturated rings. The lowest BCUT2D eigenvalue weighted by atomic mass is 10.2. The van der Waals surface area contributed by atoms with E-state index in [0.29, 0.717) is 0 Å². The minimum Gasteiger partial charge on any atom is -0.508 e. The van der Waals surface area contributed by atoms with E-state index in [1.54, 1.807) is 12.1 Å². The van der Waals surface area contributed by atoms with Crippen LogP contribution in [0.25, 0.3) is 10.9 Å². The molecular weight excluding hydrogens is 267 g/mol. The fourth-order valence-electron chi connectivity index (χ4n) is 1.01. The summed E-state index contributed by atoms with van der Waals surface area (Å²) in [6.07, 6.45) is 1.49. The molecule has 2 rings (SSSR count). The van der Waals surface area contributed by atoms with Gasteiger partial charge in [0.25, 0.3) is 0 Å². The average Bonchev–Trinajstić information content (AvgIpc) is 2.04. The molecule has 1 aromatic heterocycles. The molecule has 0 amide bonds. The van der Waals surface area contributed by atoms with Crippen LogP contribution >= 0.6 is 22.6 Å². The number of benzene rings is 1. The first-order valence-electron chi connectivity index (χ1n) is 3.36. The molecule has 0 saturated carbocycles. The Morgan fingerprint density at radius 3 is 2.92 bits per heavy atom. The van der Waals surface area contributed by atoms with Gasteiger partial charge in [0.15, 0.2) is 0 Å². The van der Waals surface area contributed by atoms with E-state index in [4.69, 9.17) is 5.11 Å². The number of phenols is 1. The molecule has 0 atom stereocenters. The predicted octanol–water partition coefficient (Wildman–Crippen LogP) is 1.94. The summed E-state index contributed by atoms with van der Waals surface area (Å²) in [5.41, 5.74) is 0.773. The van der Waals surface area contributed by atoms with E-state index in [1.165, 1.54) is 6.33 Å². The Morgan fingerprint density at radius 1 is 1.25 bits per heavy atom. The lowest BCUT2D eigenvalue weighted by molar-refractivity contribution is 0.476. The number of phenolic OH excluding ortho intramolecular Hbond substituents is 1. The Kier molecular flexibility index (Phi) is 1.84. The normalized spacial score (nSPS) is 10.4. The quantitative estimate of drug-likeness (QED) is 0.589. The number of rotatable bonds is 0. The standard InChI is InChI=1S/C8H5IN2O/c9-8-6-2-1-5(12)3-7(6)10-4-11-8/h1-4,12H. The number of aromatic hydroxyl groups is 1. The van der Waals surface area contributed by atoms with Crippen LogP contribution in [0.5, 0.6) is 5.75 Å². The van der Waals surface area contributed by atoms with E-state index < -0.39 is 0 Å². The summed E-state index contributed by atoms with van der Waals surface area (Å²) in [6, 6.07) is 5.07. The van der Waals surface area contributed by atoms with Gasteiger partial charge in [0.1, 0.15) is 15.8 Å². The SMILES string of the molecule is Oc1ccc2c(I)ncnc2c1. The van der Waals surface area contributed by atoms with Crippen molar-refractivity contribution in [1.82, 2.24) is 9.97 Å². The van der Waals surface area contributed by atoms with Gasteiger partial charge >= 0.3 is 0 Å². The molecule has 3 nitrogen and oxygen atoms in total. The third-order valence-corrected chi connectivity index (χ3v) is 2.43. The maximum atomic E-state index is 9.16. The first-order chi connectivity index (χ1) is 5.77. The van der Waals surface area contributed by atoms with Gasteiger partial charge in [-0.25, -0.2) is 9.97 Å². The highest BCUT2D eigenvalue weighted by Crippen LogP contribution is 2.20. The zero-order valence-corrected chi connectivity index (χ0v) is 8.19. The van der Waals surface area contributed by atoms with Crippen molar-refractivity contribution in [2.45, 2.75) is 0 Å². The van der Waals surface area contributed by atoms with Crippen LogP contribution in [0.4, 0.5) is 0 Å². The van der Waals surface area contributed by atoms with E-state index >= 15 is 0 Å². The van der Waals surface area contributed by atoms with Gasteiger partial charge in [-0.2, -0.15) is 0 Å². The molecule has 0 bridgehead atoms. The van der Waals surface area contributed by atoms with Crippen LogP contribution in [0.15, 0.2) is 24.5 Å². The molecule has 0 aliphatic heterocycles. The highest BCUT2D eigenvalue weighted by Gasteiger charge is 1.99. The second kappa shape index (κ2) is 2.85. The zero-order chi connectivity index (χ0) is 8.55. The van der Waals surface area contributed by atoms with Crippen LogP contribution in [0.2, 0.25) is 0 Å². The molecule has 1 N–H and O–H groups in total. The maximum absolute atomic E-state index is 9.16. The van der Waals surface area contributed by atoms with Gasteiger partial charge in [0.2, 0.25) is 0 Å². The summed E-state index contributed by atoms with van der Waals surface area (Å²) in [7, 11) is 0. The molecule has 0 spiro atoms. The van der Waals surface area contributed by atoms with Crippen LogP contribution in [0.3, 0.4) is 0 Å². The number of hydrogen-bond donors (Lipinski definition) is 1. The van der Waals surface area contributed by atoms with Crippen molar-refractivity contribution in [3.05, 3.63) is 28.2 Å². The zero-order valence-electron chi connectivity index (χ0n) is 6.03. The number of hydrogen-bond acceptors (Lipinski definition) is 3. The van der Waals surface area contributed by atoms with Crippen LogP contribution in [-0.2, 0) is 0 Å².